The van der Waals surface area contributed by atoms with Gasteiger partial charge < -0.3 is 0 Å². The Kier molecular flexibility index (Phi) is 4.12. The Balaban J connectivity index is 3.44. The minimum Gasteiger partial charge on any atom is -0.250 e. The first-order valence-electron chi connectivity index (χ1n) is 3.87. The van der Waals surface area contributed by atoms with Gasteiger partial charge in [-0.3, -0.25) is 0 Å². The number of pyridine rings is 1. The van der Waals surface area contributed by atoms with Crippen molar-refractivity contribution in [1.29, 1.82) is 0 Å². The Labute approximate surface area is 101 Å². The van der Waals surface area contributed by atoms with Crippen LogP contribution in [0.25, 0.3) is 0 Å². The molecule has 90 valence electrons. The molecule has 1 heterocycles. The van der Waals surface area contributed by atoms with Crippen molar-refractivity contribution in [3.63, 3.8) is 0 Å². The average Bonchev–Trinajstić information content (AvgIpc) is 2.14. The van der Waals surface area contributed by atoms with E-state index < -0.39 is 28.9 Å². The molecule has 0 radical (unpaired) electrons. The summed E-state index contributed by atoms with van der Waals surface area (Å²) in [5, 5.41) is -1.09. The van der Waals surface area contributed by atoms with Gasteiger partial charge in [-0.15, -0.1) is 0 Å². The van der Waals surface area contributed by atoms with Crippen molar-refractivity contribution in [1.82, 2.24) is 4.98 Å². The number of alkyl halides is 6. The molecule has 8 heteroatoms. The Bertz CT molecular complexity index is 393. The van der Waals surface area contributed by atoms with E-state index in [0.29, 0.717) is 0 Å². The molecule has 0 aliphatic rings. The first kappa shape index (κ1) is 13.6. The summed E-state index contributed by atoms with van der Waals surface area (Å²) in [6.07, 6.45) is -7.18. The van der Waals surface area contributed by atoms with Crippen LogP contribution in [0.3, 0.4) is 0 Å². The summed E-state index contributed by atoms with van der Waals surface area (Å²) < 4.78 is 62.1. The Morgan fingerprint density at radius 2 is 1.94 bits per heavy atom. The van der Waals surface area contributed by atoms with Gasteiger partial charge in [-0.05, 0) is 5.56 Å². The quantitative estimate of drug-likeness (QED) is 0.573. The van der Waals surface area contributed by atoms with Crippen LogP contribution in [0, 0.1) is 0 Å². The third kappa shape index (κ3) is 2.63. The van der Waals surface area contributed by atoms with Gasteiger partial charge in [0.1, 0.15) is 0 Å². The largest absolute Gasteiger partial charge is 0.434 e. The summed E-state index contributed by atoms with van der Waals surface area (Å²) in [5.41, 5.74) is -2.39. The number of rotatable bonds is 2. The Morgan fingerprint density at radius 3 is 2.31 bits per heavy atom. The maximum Gasteiger partial charge on any atom is 0.434 e. The Morgan fingerprint density at radius 1 is 1.38 bits per heavy atom. The predicted octanol–water partition coefficient (Wildman–Crippen LogP) is 4.59. The highest BCUT2D eigenvalue weighted by Crippen LogP contribution is 2.39. The van der Waals surface area contributed by atoms with E-state index in [1.165, 1.54) is 0 Å². The molecule has 0 aliphatic heterocycles. The van der Waals surface area contributed by atoms with Gasteiger partial charge in [0.25, 0.3) is 6.43 Å². The number of nitrogens with zero attached hydrogens (tertiary/aromatic N) is 1. The molecule has 16 heavy (non-hydrogen) atoms. The van der Waals surface area contributed by atoms with Gasteiger partial charge >= 0.3 is 6.18 Å². The van der Waals surface area contributed by atoms with Crippen molar-refractivity contribution >= 4 is 27.5 Å². The van der Waals surface area contributed by atoms with Crippen molar-refractivity contribution in [3.05, 3.63) is 28.0 Å². The fourth-order valence-corrected chi connectivity index (χ4v) is 1.88. The predicted molar refractivity (Wildman–Crippen MR) is 51.8 cm³/mol. The van der Waals surface area contributed by atoms with Gasteiger partial charge in [-0.25, -0.2) is 13.8 Å². The van der Waals surface area contributed by atoms with E-state index in [-0.39, 0.29) is 10.9 Å². The monoisotopic (exact) mass is 323 g/mol. The van der Waals surface area contributed by atoms with Crippen LogP contribution in [-0.4, -0.2) is 4.98 Å². The van der Waals surface area contributed by atoms with Gasteiger partial charge in [0, 0.05) is 17.1 Å². The van der Waals surface area contributed by atoms with Crippen molar-refractivity contribution in [2.24, 2.45) is 0 Å². The van der Waals surface area contributed by atoms with Gasteiger partial charge in [0.15, 0.2) is 5.69 Å². The molecule has 0 spiro atoms. The molecule has 0 atom stereocenters. The van der Waals surface area contributed by atoms with E-state index in [0.717, 1.165) is 6.20 Å². The zero-order valence-electron chi connectivity index (χ0n) is 7.45. The second kappa shape index (κ2) is 4.83. The van der Waals surface area contributed by atoms with E-state index in [4.69, 9.17) is 11.6 Å². The average molecular weight is 324 g/mol. The summed E-state index contributed by atoms with van der Waals surface area (Å²) in [5.74, 6) is 0. The van der Waals surface area contributed by atoms with E-state index in [9.17, 15) is 22.0 Å². The first-order chi connectivity index (χ1) is 7.29. The molecule has 1 aromatic heterocycles. The fourth-order valence-electron chi connectivity index (χ4n) is 1.08. The summed E-state index contributed by atoms with van der Waals surface area (Å²) >= 11 is 8.16. The summed E-state index contributed by atoms with van der Waals surface area (Å²) in [6.45, 7) is 0. The van der Waals surface area contributed by atoms with E-state index in [1.54, 1.807) is 0 Å². The maximum atomic E-state index is 12.5. The van der Waals surface area contributed by atoms with Crippen LogP contribution >= 0.6 is 27.5 Å². The smallest absolute Gasteiger partial charge is 0.250 e. The topological polar surface area (TPSA) is 12.9 Å². The van der Waals surface area contributed by atoms with Crippen LogP contribution in [0.15, 0.2) is 6.20 Å². The summed E-state index contributed by atoms with van der Waals surface area (Å²) in [7, 11) is 0. The summed E-state index contributed by atoms with van der Waals surface area (Å²) in [4.78, 5) is 3.04. The van der Waals surface area contributed by atoms with Gasteiger partial charge in [0.2, 0.25) is 0 Å². The SMILES string of the molecule is FC(F)c1c(CBr)cnc(C(F)(F)F)c1Cl. The van der Waals surface area contributed by atoms with Crippen LogP contribution in [0.5, 0.6) is 0 Å². The molecule has 1 nitrogen and oxygen atoms in total. The third-order valence-electron chi connectivity index (χ3n) is 1.77. The molecule has 0 N–H and O–H groups in total. The second-order valence-electron chi connectivity index (χ2n) is 2.79. The van der Waals surface area contributed by atoms with Crippen LogP contribution in [0.2, 0.25) is 5.02 Å². The van der Waals surface area contributed by atoms with Crippen LogP contribution in [0.1, 0.15) is 23.2 Å². The molecule has 0 unspecified atom stereocenters. The number of hydrogen-bond donors (Lipinski definition) is 0. The van der Waals surface area contributed by atoms with Crippen molar-refractivity contribution in [2.45, 2.75) is 17.9 Å². The highest BCUT2D eigenvalue weighted by atomic mass is 79.9. The first-order valence-corrected chi connectivity index (χ1v) is 5.37. The van der Waals surface area contributed by atoms with E-state index in [1.807, 2.05) is 0 Å². The number of halogens is 7. The van der Waals surface area contributed by atoms with Crippen LogP contribution < -0.4 is 0 Å². The lowest BCUT2D eigenvalue weighted by molar-refractivity contribution is -0.141. The molecule has 0 saturated carbocycles. The Hall–Kier alpha value is -0.430. The fraction of sp³-hybridized carbons (Fsp3) is 0.375. The van der Waals surface area contributed by atoms with E-state index in [2.05, 4.69) is 20.9 Å². The molecule has 0 aliphatic carbocycles. The minimum atomic E-state index is -4.84. The summed E-state index contributed by atoms with van der Waals surface area (Å²) in [6, 6.07) is 0. The number of hydrogen-bond acceptors (Lipinski definition) is 1. The molecule has 0 amide bonds. The van der Waals surface area contributed by atoms with Crippen LogP contribution in [0.4, 0.5) is 22.0 Å². The molecule has 0 bridgehead atoms. The van der Waals surface area contributed by atoms with Crippen LogP contribution in [-0.2, 0) is 11.5 Å². The zero-order chi connectivity index (χ0) is 12.5. The molecular weight excluding hydrogens is 320 g/mol. The van der Waals surface area contributed by atoms with Crippen molar-refractivity contribution < 1.29 is 22.0 Å². The maximum absolute atomic E-state index is 12.5. The standard InChI is InChI=1S/C8H4BrClF5N/c9-1-3-2-16-6(8(13,14)15)5(10)4(3)7(11)12/h2,7H,1H2. The van der Waals surface area contributed by atoms with Crippen molar-refractivity contribution in [2.75, 3.05) is 0 Å². The normalized spacial score (nSPS) is 12.2. The lowest BCUT2D eigenvalue weighted by Crippen LogP contribution is -2.11. The molecule has 1 rings (SSSR count). The molecule has 1 aromatic rings. The lowest BCUT2D eigenvalue weighted by Gasteiger charge is -2.13. The lowest BCUT2D eigenvalue weighted by atomic mass is 10.1. The van der Waals surface area contributed by atoms with Gasteiger partial charge in [0.05, 0.1) is 5.02 Å². The van der Waals surface area contributed by atoms with Crippen molar-refractivity contribution in [3.8, 4) is 0 Å². The van der Waals surface area contributed by atoms with E-state index >= 15 is 0 Å². The number of aromatic nitrogens is 1. The molecular formula is C8H4BrClF5N. The third-order valence-corrected chi connectivity index (χ3v) is 2.76. The highest BCUT2D eigenvalue weighted by molar-refractivity contribution is 9.08. The molecule has 0 aromatic carbocycles. The molecule has 0 fully saturated rings. The second-order valence-corrected chi connectivity index (χ2v) is 3.73. The van der Waals surface area contributed by atoms with Gasteiger partial charge in [-0.1, -0.05) is 27.5 Å². The minimum absolute atomic E-state index is 0.0441. The van der Waals surface area contributed by atoms with Gasteiger partial charge in [-0.2, -0.15) is 13.2 Å². The highest BCUT2D eigenvalue weighted by Gasteiger charge is 2.37. The zero-order valence-corrected chi connectivity index (χ0v) is 9.80. The molecule has 0 saturated heterocycles.